The Labute approximate surface area is 147 Å². The van der Waals surface area contributed by atoms with Crippen molar-refractivity contribution in [3.05, 3.63) is 69.2 Å². The number of hydrazone groups is 1. The quantitative estimate of drug-likeness (QED) is 0.832. The zero-order valence-electron chi connectivity index (χ0n) is 12.3. The van der Waals surface area contributed by atoms with Gasteiger partial charge in [0.05, 0.1) is 5.56 Å². The summed E-state index contributed by atoms with van der Waals surface area (Å²) < 4.78 is 0.656. The second-order valence-corrected chi connectivity index (χ2v) is 6.72. The van der Waals surface area contributed by atoms with Gasteiger partial charge in [0.1, 0.15) is 0 Å². The maximum atomic E-state index is 12.9. The van der Waals surface area contributed by atoms with E-state index in [0.717, 1.165) is 5.01 Å². The molecule has 4 nitrogen and oxygen atoms in total. The Morgan fingerprint density at radius 3 is 2.57 bits per heavy atom. The standard InChI is InChI=1S/C17H14BrClN2O2/c1-11-10-17(23,12-6-8-13(19)9-7-12)21(20-11)16(22)14-4-2-3-5-15(14)18/h2-9,23H,10H2,1H3/t17-/m0/s1. The fraction of sp³-hybridized carbons (Fsp3) is 0.176. The first-order valence-electron chi connectivity index (χ1n) is 7.03. The van der Waals surface area contributed by atoms with Gasteiger partial charge in [-0.05, 0) is 47.1 Å². The van der Waals surface area contributed by atoms with Crippen LogP contribution in [0.4, 0.5) is 0 Å². The number of nitrogens with zero attached hydrogens (tertiary/aromatic N) is 2. The van der Waals surface area contributed by atoms with Crippen LogP contribution in [-0.2, 0) is 5.72 Å². The summed E-state index contributed by atoms with van der Waals surface area (Å²) in [6.45, 7) is 1.79. The maximum absolute atomic E-state index is 12.9. The molecule has 1 heterocycles. The molecule has 0 fully saturated rings. The number of rotatable bonds is 2. The molecule has 0 saturated heterocycles. The van der Waals surface area contributed by atoms with E-state index >= 15 is 0 Å². The Morgan fingerprint density at radius 2 is 1.91 bits per heavy atom. The topological polar surface area (TPSA) is 52.9 Å². The molecule has 2 aromatic rings. The van der Waals surface area contributed by atoms with Gasteiger partial charge in [0.2, 0.25) is 0 Å². The third-order valence-corrected chi connectivity index (χ3v) is 4.67. The highest BCUT2D eigenvalue weighted by Gasteiger charge is 2.45. The third-order valence-electron chi connectivity index (χ3n) is 3.73. The number of hydrogen-bond donors (Lipinski definition) is 1. The highest BCUT2D eigenvalue weighted by molar-refractivity contribution is 9.10. The maximum Gasteiger partial charge on any atom is 0.278 e. The fourth-order valence-corrected chi connectivity index (χ4v) is 3.20. The molecule has 0 unspecified atom stereocenters. The molecular weight excluding hydrogens is 380 g/mol. The van der Waals surface area contributed by atoms with Gasteiger partial charge in [0.15, 0.2) is 5.72 Å². The first-order valence-corrected chi connectivity index (χ1v) is 8.20. The lowest BCUT2D eigenvalue weighted by molar-refractivity contribution is -0.0765. The van der Waals surface area contributed by atoms with E-state index in [9.17, 15) is 9.90 Å². The third kappa shape index (κ3) is 2.92. The van der Waals surface area contributed by atoms with Crippen LogP contribution in [0, 0.1) is 0 Å². The van der Waals surface area contributed by atoms with Crippen molar-refractivity contribution in [2.24, 2.45) is 5.10 Å². The highest BCUT2D eigenvalue weighted by atomic mass is 79.9. The van der Waals surface area contributed by atoms with E-state index in [0.29, 0.717) is 26.3 Å². The molecule has 0 radical (unpaired) electrons. The van der Waals surface area contributed by atoms with E-state index in [2.05, 4.69) is 21.0 Å². The largest absolute Gasteiger partial charge is 0.365 e. The van der Waals surface area contributed by atoms with Gasteiger partial charge in [-0.3, -0.25) is 4.79 Å². The predicted octanol–water partition coefficient (Wildman–Crippen LogP) is 4.17. The second kappa shape index (κ2) is 6.07. The monoisotopic (exact) mass is 392 g/mol. The van der Waals surface area contributed by atoms with Crippen molar-refractivity contribution in [3.63, 3.8) is 0 Å². The SMILES string of the molecule is CC1=NN(C(=O)c2ccccc2Br)[C@@](O)(c2ccc(Cl)cc2)C1. The van der Waals surface area contributed by atoms with E-state index in [1.54, 1.807) is 49.4 Å². The van der Waals surface area contributed by atoms with Crippen LogP contribution in [-0.4, -0.2) is 21.7 Å². The first kappa shape index (κ1) is 16.2. The number of benzene rings is 2. The molecule has 0 saturated carbocycles. The summed E-state index contributed by atoms with van der Waals surface area (Å²) in [4.78, 5) is 12.9. The van der Waals surface area contributed by atoms with Gasteiger partial charge in [-0.25, -0.2) is 0 Å². The predicted molar refractivity (Wildman–Crippen MR) is 93.4 cm³/mol. The van der Waals surface area contributed by atoms with Crippen molar-refractivity contribution in [2.75, 3.05) is 0 Å². The summed E-state index contributed by atoms with van der Waals surface area (Å²) in [5.74, 6) is -0.369. The molecule has 1 aliphatic rings. The lowest BCUT2D eigenvalue weighted by atomic mass is 9.97. The summed E-state index contributed by atoms with van der Waals surface area (Å²) in [6.07, 6.45) is 0.255. The molecule has 1 amide bonds. The molecule has 1 atom stereocenters. The minimum absolute atomic E-state index is 0.255. The number of hydrogen-bond acceptors (Lipinski definition) is 3. The Balaban J connectivity index is 2.03. The van der Waals surface area contributed by atoms with Gasteiger partial charge in [0, 0.05) is 27.2 Å². The van der Waals surface area contributed by atoms with Crippen molar-refractivity contribution >= 4 is 39.1 Å². The Hall–Kier alpha value is -1.69. The molecule has 2 aromatic carbocycles. The van der Waals surface area contributed by atoms with E-state index < -0.39 is 5.72 Å². The van der Waals surface area contributed by atoms with Crippen molar-refractivity contribution < 1.29 is 9.90 Å². The van der Waals surface area contributed by atoms with Gasteiger partial charge in [0.25, 0.3) is 5.91 Å². The Bertz CT molecular complexity index is 791. The Kier molecular flexibility index (Phi) is 4.27. The molecule has 0 spiro atoms. The highest BCUT2D eigenvalue weighted by Crippen LogP contribution is 2.37. The van der Waals surface area contributed by atoms with Gasteiger partial charge in [-0.15, -0.1) is 0 Å². The van der Waals surface area contributed by atoms with E-state index in [4.69, 9.17) is 11.6 Å². The molecule has 118 valence electrons. The smallest absolute Gasteiger partial charge is 0.278 e. The van der Waals surface area contributed by atoms with Gasteiger partial charge in [-0.2, -0.15) is 10.1 Å². The van der Waals surface area contributed by atoms with Crippen molar-refractivity contribution in [3.8, 4) is 0 Å². The van der Waals surface area contributed by atoms with Crippen LogP contribution >= 0.6 is 27.5 Å². The van der Waals surface area contributed by atoms with Crippen molar-refractivity contribution in [2.45, 2.75) is 19.1 Å². The lowest BCUT2D eigenvalue weighted by Crippen LogP contribution is -2.43. The van der Waals surface area contributed by atoms with Gasteiger partial charge < -0.3 is 5.11 Å². The van der Waals surface area contributed by atoms with E-state index in [-0.39, 0.29) is 12.3 Å². The zero-order valence-corrected chi connectivity index (χ0v) is 14.7. The van der Waals surface area contributed by atoms with Crippen LogP contribution in [0.3, 0.4) is 0 Å². The molecule has 3 rings (SSSR count). The summed E-state index contributed by atoms with van der Waals surface area (Å²) in [5.41, 5.74) is 0.185. The fourth-order valence-electron chi connectivity index (χ4n) is 2.62. The summed E-state index contributed by atoms with van der Waals surface area (Å²) >= 11 is 9.28. The van der Waals surface area contributed by atoms with E-state index in [1.807, 2.05) is 6.07 Å². The normalized spacial score (nSPS) is 20.5. The number of aliphatic hydroxyl groups is 1. The van der Waals surface area contributed by atoms with E-state index in [1.165, 1.54) is 0 Å². The molecule has 23 heavy (non-hydrogen) atoms. The number of carbonyl (C=O) groups is 1. The zero-order chi connectivity index (χ0) is 16.6. The van der Waals surface area contributed by atoms with Crippen molar-refractivity contribution in [1.29, 1.82) is 0 Å². The van der Waals surface area contributed by atoms with Crippen LogP contribution < -0.4 is 0 Å². The van der Waals surface area contributed by atoms with Crippen LogP contribution in [0.5, 0.6) is 0 Å². The summed E-state index contributed by atoms with van der Waals surface area (Å²) in [7, 11) is 0. The lowest BCUT2D eigenvalue weighted by Gasteiger charge is -2.31. The van der Waals surface area contributed by atoms with Gasteiger partial charge in [-0.1, -0.05) is 35.9 Å². The Morgan fingerprint density at radius 1 is 1.26 bits per heavy atom. The van der Waals surface area contributed by atoms with Gasteiger partial charge >= 0.3 is 0 Å². The molecule has 1 aliphatic heterocycles. The average molecular weight is 394 g/mol. The second-order valence-electron chi connectivity index (χ2n) is 5.43. The number of carbonyl (C=O) groups excluding carboxylic acids is 1. The molecule has 0 aromatic heterocycles. The van der Waals surface area contributed by atoms with Crippen molar-refractivity contribution in [1.82, 2.24) is 5.01 Å². The first-order chi connectivity index (χ1) is 10.9. The molecule has 0 bridgehead atoms. The average Bonchev–Trinajstić information content (AvgIpc) is 2.83. The van der Waals surface area contributed by atoms with Crippen LogP contribution in [0.25, 0.3) is 0 Å². The van der Waals surface area contributed by atoms with Crippen LogP contribution in [0.2, 0.25) is 5.02 Å². The van der Waals surface area contributed by atoms with Crippen LogP contribution in [0.1, 0.15) is 29.3 Å². The molecule has 0 aliphatic carbocycles. The number of amides is 1. The number of halogens is 2. The summed E-state index contributed by atoms with van der Waals surface area (Å²) in [6, 6.07) is 13.8. The van der Waals surface area contributed by atoms with Crippen LogP contribution in [0.15, 0.2) is 58.1 Å². The summed E-state index contributed by atoms with van der Waals surface area (Å²) in [5, 5.41) is 17.1. The molecular formula is C17H14BrClN2O2. The minimum Gasteiger partial charge on any atom is -0.365 e. The molecule has 6 heteroatoms. The molecule has 1 N–H and O–H groups in total. The minimum atomic E-state index is -1.51.